The highest BCUT2D eigenvalue weighted by molar-refractivity contribution is 6.12. The van der Waals surface area contributed by atoms with E-state index in [4.69, 9.17) is 34.2 Å². The van der Waals surface area contributed by atoms with Crippen LogP contribution in [0.2, 0.25) is 0 Å². The summed E-state index contributed by atoms with van der Waals surface area (Å²) in [4.78, 5) is 47.6. The lowest BCUT2D eigenvalue weighted by Crippen LogP contribution is -2.55. The van der Waals surface area contributed by atoms with Gasteiger partial charge < -0.3 is 39.5 Å². The van der Waals surface area contributed by atoms with Crippen molar-refractivity contribution in [1.82, 2.24) is 10.2 Å². The van der Waals surface area contributed by atoms with Gasteiger partial charge in [-0.2, -0.15) is 0 Å². The molecule has 0 aromatic rings. The lowest BCUT2D eigenvalue weighted by Gasteiger charge is -2.26. The summed E-state index contributed by atoms with van der Waals surface area (Å²) in [5, 5.41) is 2.78. The Morgan fingerprint density at radius 2 is 1.11 bits per heavy atom. The van der Waals surface area contributed by atoms with Crippen molar-refractivity contribution in [1.29, 1.82) is 0 Å². The molecule has 2 aliphatic rings. The van der Waals surface area contributed by atoms with Gasteiger partial charge in [0.05, 0.1) is 85.8 Å². The maximum atomic E-state index is 12.1. The number of imide groups is 1. The van der Waals surface area contributed by atoms with Crippen molar-refractivity contribution in [3.63, 3.8) is 0 Å². The van der Waals surface area contributed by atoms with Gasteiger partial charge in [0, 0.05) is 18.6 Å². The van der Waals surface area contributed by atoms with Gasteiger partial charge in [0.15, 0.2) is 0 Å². The second-order valence-corrected chi connectivity index (χ2v) is 8.79. The predicted molar refractivity (Wildman–Crippen MR) is 134 cm³/mol. The van der Waals surface area contributed by atoms with E-state index < -0.39 is 11.4 Å². The number of carbonyl (C=O) groups is 4. The number of amides is 4. The zero-order valence-corrected chi connectivity index (χ0v) is 22.0. The van der Waals surface area contributed by atoms with Gasteiger partial charge in [-0.3, -0.25) is 24.1 Å². The molecule has 1 heterocycles. The van der Waals surface area contributed by atoms with E-state index >= 15 is 0 Å². The maximum Gasteiger partial charge on any atom is 0.253 e. The molecule has 0 aromatic carbocycles. The predicted octanol–water partition coefficient (Wildman–Crippen LogP) is -0.685. The number of primary amides is 1. The molecule has 4 amide bonds. The number of nitrogens with one attached hydrogen (secondary N) is 1. The second kappa shape index (κ2) is 18.8. The van der Waals surface area contributed by atoms with Crippen LogP contribution in [0.25, 0.3) is 0 Å². The first-order valence-corrected chi connectivity index (χ1v) is 13.1. The molecule has 0 spiro atoms. The van der Waals surface area contributed by atoms with Crippen molar-refractivity contribution >= 4 is 23.6 Å². The molecule has 0 saturated heterocycles. The highest BCUT2D eigenvalue weighted by Gasteiger charge is 2.40. The summed E-state index contributed by atoms with van der Waals surface area (Å²) in [6.45, 7) is 4.84. The molecule has 0 atom stereocenters. The number of carbonyl (C=O) groups excluding carboxylic acids is 4. The number of nitrogens with two attached hydrogens (primary N) is 1. The summed E-state index contributed by atoms with van der Waals surface area (Å²) < 4.78 is 32.4. The van der Waals surface area contributed by atoms with Gasteiger partial charge in [-0.25, -0.2) is 0 Å². The number of ether oxygens (including phenoxy) is 6. The van der Waals surface area contributed by atoms with Crippen LogP contribution < -0.4 is 11.1 Å². The highest BCUT2D eigenvalue weighted by Crippen LogP contribution is 2.29. The molecular weight excluding hydrogens is 502 g/mol. The van der Waals surface area contributed by atoms with Crippen molar-refractivity contribution in [2.75, 3.05) is 85.8 Å². The van der Waals surface area contributed by atoms with Crippen molar-refractivity contribution in [3.05, 3.63) is 12.2 Å². The SMILES string of the molecule is NC(=O)C1(NC(=O)CCOCCOCCOCCOCCOCCOCCN2C(=O)C=CC2=O)CCCC1. The van der Waals surface area contributed by atoms with Crippen molar-refractivity contribution in [3.8, 4) is 0 Å². The fourth-order valence-corrected chi connectivity index (χ4v) is 3.91. The third kappa shape index (κ3) is 12.4. The minimum Gasteiger partial charge on any atom is -0.379 e. The largest absolute Gasteiger partial charge is 0.379 e. The molecule has 2 rings (SSSR count). The van der Waals surface area contributed by atoms with Gasteiger partial charge in [0.25, 0.3) is 11.8 Å². The quantitative estimate of drug-likeness (QED) is 0.125. The van der Waals surface area contributed by atoms with E-state index in [0.29, 0.717) is 78.9 Å². The third-order valence-electron chi connectivity index (χ3n) is 6.00. The number of nitrogens with zero attached hydrogens (tertiary/aromatic N) is 1. The summed E-state index contributed by atoms with van der Waals surface area (Å²) in [5.41, 5.74) is 4.57. The molecule has 38 heavy (non-hydrogen) atoms. The molecule has 1 saturated carbocycles. The van der Waals surface area contributed by atoms with Crippen LogP contribution in [0, 0.1) is 0 Å². The van der Waals surface area contributed by atoms with Crippen LogP contribution in [0.5, 0.6) is 0 Å². The molecule has 0 bridgehead atoms. The van der Waals surface area contributed by atoms with Crippen LogP contribution in [0.3, 0.4) is 0 Å². The minimum absolute atomic E-state index is 0.167. The average Bonchev–Trinajstić information content (AvgIpc) is 3.50. The van der Waals surface area contributed by atoms with E-state index in [1.54, 1.807) is 0 Å². The Hall–Kier alpha value is -2.42. The van der Waals surface area contributed by atoms with Gasteiger partial charge in [-0.15, -0.1) is 0 Å². The summed E-state index contributed by atoms with van der Waals surface area (Å²) >= 11 is 0. The lowest BCUT2D eigenvalue weighted by atomic mass is 9.96. The van der Waals surface area contributed by atoms with Crippen molar-refractivity contribution in [2.45, 2.75) is 37.6 Å². The zero-order valence-electron chi connectivity index (χ0n) is 22.0. The average molecular weight is 544 g/mol. The molecule has 1 aliphatic heterocycles. The van der Waals surface area contributed by atoms with Crippen LogP contribution in [0.15, 0.2) is 12.2 Å². The molecule has 0 unspecified atom stereocenters. The molecule has 0 radical (unpaired) electrons. The van der Waals surface area contributed by atoms with E-state index in [1.807, 2.05) is 0 Å². The molecule has 0 aromatic heterocycles. The smallest absolute Gasteiger partial charge is 0.253 e. The lowest BCUT2D eigenvalue weighted by molar-refractivity contribution is -0.137. The van der Waals surface area contributed by atoms with Crippen LogP contribution in [0.4, 0.5) is 0 Å². The standard InChI is InChI=1S/C25H41N3O10/c26-24(32)25(6-1-2-7-25)27-21(29)5-9-33-11-13-35-15-17-37-19-20-38-18-16-36-14-12-34-10-8-28-22(30)3-4-23(28)31/h3-4H,1-2,5-20H2,(H2,26,32)(H,27,29). The Labute approximate surface area is 223 Å². The molecular formula is C25H41N3O10. The summed E-state index contributed by atoms with van der Waals surface area (Å²) in [6, 6.07) is 0. The van der Waals surface area contributed by atoms with E-state index in [1.165, 1.54) is 12.2 Å². The first-order valence-electron chi connectivity index (χ1n) is 13.1. The molecule has 3 N–H and O–H groups in total. The number of rotatable bonds is 23. The fraction of sp³-hybridized carbons (Fsp3) is 0.760. The van der Waals surface area contributed by atoms with E-state index in [-0.39, 0.29) is 43.9 Å². The summed E-state index contributed by atoms with van der Waals surface area (Å²) in [5.74, 6) is -1.33. The van der Waals surface area contributed by atoms with Gasteiger partial charge in [-0.1, -0.05) is 12.8 Å². The van der Waals surface area contributed by atoms with Gasteiger partial charge in [0.2, 0.25) is 11.8 Å². The van der Waals surface area contributed by atoms with Gasteiger partial charge in [0.1, 0.15) is 5.54 Å². The van der Waals surface area contributed by atoms with Crippen LogP contribution in [-0.4, -0.2) is 120 Å². The molecule has 1 aliphatic carbocycles. The van der Waals surface area contributed by atoms with Crippen LogP contribution >= 0.6 is 0 Å². The Morgan fingerprint density at radius 3 is 1.53 bits per heavy atom. The topological polar surface area (TPSA) is 165 Å². The third-order valence-corrected chi connectivity index (χ3v) is 6.00. The van der Waals surface area contributed by atoms with E-state index in [9.17, 15) is 19.2 Å². The highest BCUT2D eigenvalue weighted by atomic mass is 16.6. The second-order valence-electron chi connectivity index (χ2n) is 8.79. The van der Waals surface area contributed by atoms with Crippen LogP contribution in [0.1, 0.15) is 32.1 Å². The molecule has 216 valence electrons. The first-order chi connectivity index (χ1) is 18.4. The molecule has 13 heteroatoms. The Kier molecular flexibility index (Phi) is 15.7. The fourth-order valence-electron chi connectivity index (χ4n) is 3.91. The maximum absolute atomic E-state index is 12.1. The summed E-state index contributed by atoms with van der Waals surface area (Å²) in [7, 11) is 0. The minimum atomic E-state index is -0.893. The Bertz CT molecular complexity index is 752. The summed E-state index contributed by atoms with van der Waals surface area (Å²) in [6.07, 6.45) is 5.62. The Balaban J connectivity index is 1.25. The van der Waals surface area contributed by atoms with E-state index in [2.05, 4.69) is 5.32 Å². The monoisotopic (exact) mass is 543 g/mol. The molecule has 13 nitrogen and oxygen atoms in total. The van der Waals surface area contributed by atoms with Gasteiger partial charge in [-0.05, 0) is 12.8 Å². The van der Waals surface area contributed by atoms with Crippen molar-refractivity contribution in [2.24, 2.45) is 5.73 Å². The zero-order chi connectivity index (χ0) is 27.5. The van der Waals surface area contributed by atoms with Crippen molar-refractivity contribution < 1.29 is 47.6 Å². The van der Waals surface area contributed by atoms with Crippen LogP contribution in [-0.2, 0) is 47.6 Å². The molecule has 1 fully saturated rings. The Morgan fingerprint density at radius 1 is 0.711 bits per heavy atom. The van der Waals surface area contributed by atoms with Gasteiger partial charge >= 0.3 is 0 Å². The number of hydrogen-bond acceptors (Lipinski definition) is 10. The first kappa shape index (κ1) is 31.8. The normalized spacial score (nSPS) is 16.5. The van der Waals surface area contributed by atoms with E-state index in [0.717, 1.165) is 17.7 Å². The number of hydrogen-bond donors (Lipinski definition) is 2.